The highest BCUT2D eigenvalue weighted by molar-refractivity contribution is 6.48. The summed E-state index contributed by atoms with van der Waals surface area (Å²) in [5.41, 5.74) is 0.363. The van der Waals surface area contributed by atoms with Gasteiger partial charge in [-0.2, -0.15) is 0 Å². The zero-order valence-corrected chi connectivity index (χ0v) is 17.0. The second kappa shape index (κ2) is 8.66. The summed E-state index contributed by atoms with van der Waals surface area (Å²) in [7, 11) is -1.01. The number of aliphatic hydroxyl groups excluding tert-OH is 1. The molecule has 1 radical (unpaired) electrons. The molecule has 2 aromatic rings. The molecule has 1 atom stereocenters. The van der Waals surface area contributed by atoms with Crippen LogP contribution in [-0.2, 0) is 17.6 Å². The van der Waals surface area contributed by atoms with Gasteiger partial charge < -0.3 is 18.7 Å². The first-order chi connectivity index (χ1) is 12.2. The lowest BCUT2D eigenvalue weighted by atomic mass is 9.87. The van der Waals surface area contributed by atoms with Gasteiger partial charge >= 0.3 is 0 Å². The highest BCUT2D eigenvalue weighted by atomic mass is 28.3. The van der Waals surface area contributed by atoms with Crippen LogP contribution in [0, 0.1) is 5.41 Å². The second-order valence-corrected chi connectivity index (χ2v) is 9.52. The Morgan fingerprint density at radius 3 is 2.38 bits per heavy atom. The van der Waals surface area contributed by atoms with Crippen molar-refractivity contribution in [2.45, 2.75) is 53.2 Å². The minimum absolute atomic E-state index is 0.0475. The fraction of sp³-hybridized carbons (Fsp3) is 0.450. The number of hydrogen-bond donors (Lipinski definition) is 1. The van der Waals surface area contributed by atoms with E-state index in [0.717, 1.165) is 5.56 Å². The van der Waals surface area contributed by atoms with Crippen molar-refractivity contribution in [3.8, 4) is 5.75 Å². The molecular weight excluding hydrogens is 348 g/mol. The highest BCUT2D eigenvalue weighted by Crippen LogP contribution is 2.37. The van der Waals surface area contributed by atoms with Gasteiger partial charge in [-0.25, -0.2) is 0 Å². The van der Waals surface area contributed by atoms with E-state index in [-0.39, 0.29) is 35.1 Å². The van der Waals surface area contributed by atoms with Crippen LogP contribution in [0.2, 0.25) is 13.1 Å². The molecule has 1 heterocycles. The number of rotatable bonds is 7. The standard InChI is InChI=1S/C20H27O5Si/c1-20(2,3)19(25-26(4)5)16-11-15(22)18(17(12-21)24-16)23-13-14-9-7-6-8-10-14/h6-11,19,21H,12-13H2,1-5H3. The molecule has 0 fully saturated rings. The summed E-state index contributed by atoms with van der Waals surface area (Å²) in [6.45, 7) is 9.97. The summed E-state index contributed by atoms with van der Waals surface area (Å²) in [6.07, 6.45) is -0.368. The molecule has 1 aromatic heterocycles. The van der Waals surface area contributed by atoms with Crippen LogP contribution in [-0.4, -0.2) is 14.1 Å². The molecule has 1 N–H and O–H groups in total. The molecule has 5 nitrogen and oxygen atoms in total. The first-order valence-corrected chi connectivity index (χ1v) is 11.0. The van der Waals surface area contributed by atoms with Gasteiger partial charge in [-0.15, -0.1) is 0 Å². The van der Waals surface area contributed by atoms with Crippen LogP contribution in [0.5, 0.6) is 5.75 Å². The lowest BCUT2D eigenvalue weighted by molar-refractivity contribution is 0.0597. The van der Waals surface area contributed by atoms with Gasteiger partial charge in [0.05, 0.1) is 0 Å². The maximum absolute atomic E-state index is 12.6. The zero-order chi connectivity index (χ0) is 19.3. The van der Waals surface area contributed by atoms with Crippen molar-refractivity contribution in [2.24, 2.45) is 5.41 Å². The smallest absolute Gasteiger partial charge is 0.227 e. The Hall–Kier alpha value is -1.89. The Kier molecular flexibility index (Phi) is 6.80. The largest absolute Gasteiger partial charge is 0.482 e. The normalized spacial score (nSPS) is 13.0. The maximum Gasteiger partial charge on any atom is 0.227 e. The molecule has 0 aliphatic carbocycles. The molecule has 0 spiro atoms. The van der Waals surface area contributed by atoms with Crippen molar-refractivity contribution in [1.29, 1.82) is 0 Å². The summed E-state index contributed by atoms with van der Waals surface area (Å²) in [6, 6.07) is 10.9. The number of hydrogen-bond acceptors (Lipinski definition) is 5. The quantitative estimate of drug-likeness (QED) is 0.739. The third kappa shape index (κ3) is 5.30. The van der Waals surface area contributed by atoms with Gasteiger partial charge in [0.25, 0.3) is 0 Å². The predicted molar refractivity (Wildman–Crippen MR) is 102 cm³/mol. The summed E-state index contributed by atoms with van der Waals surface area (Å²) < 4.78 is 17.5. The second-order valence-electron chi connectivity index (χ2n) is 7.47. The maximum atomic E-state index is 12.6. The molecule has 1 aromatic carbocycles. The molecule has 0 saturated carbocycles. The van der Waals surface area contributed by atoms with Crippen LogP contribution in [0.1, 0.15) is 44.0 Å². The van der Waals surface area contributed by atoms with E-state index in [9.17, 15) is 9.90 Å². The van der Waals surface area contributed by atoms with Crippen molar-refractivity contribution < 1.29 is 18.7 Å². The van der Waals surface area contributed by atoms with Gasteiger partial charge in [0.15, 0.2) is 5.76 Å². The molecule has 26 heavy (non-hydrogen) atoms. The van der Waals surface area contributed by atoms with E-state index in [1.807, 2.05) is 64.2 Å². The van der Waals surface area contributed by atoms with Crippen molar-refractivity contribution in [3.05, 3.63) is 63.7 Å². The van der Waals surface area contributed by atoms with Crippen LogP contribution >= 0.6 is 0 Å². The minimum Gasteiger partial charge on any atom is -0.482 e. The molecule has 141 valence electrons. The molecule has 6 heteroatoms. The van der Waals surface area contributed by atoms with Crippen LogP contribution in [0.3, 0.4) is 0 Å². The molecule has 2 rings (SSSR count). The van der Waals surface area contributed by atoms with Crippen LogP contribution in [0.4, 0.5) is 0 Å². The van der Waals surface area contributed by atoms with E-state index in [4.69, 9.17) is 13.6 Å². The fourth-order valence-corrected chi connectivity index (χ4v) is 3.50. The average Bonchev–Trinajstić information content (AvgIpc) is 2.57. The Morgan fingerprint density at radius 1 is 1.19 bits per heavy atom. The third-order valence-electron chi connectivity index (χ3n) is 3.76. The molecule has 0 amide bonds. The van der Waals surface area contributed by atoms with Gasteiger partial charge in [0, 0.05) is 6.07 Å². The Balaban J connectivity index is 2.34. The van der Waals surface area contributed by atoms with Crippen LogP contribution < -0.4 is 10.2 Å². The molecular formula is C20H27O5Si. The van der Waals surface area contributed by atoms with Crippen LogP contribution in [0.15, 0.2) is 45.6 Å². The van der Waals surface area contributed by atoms with E-state index < -0.39 is 15.6 Å². The Labute approximate surface area is 156 Å². The fourth-order valence-electron chi connectivity index (χ4n) is 2.56. The lowest BCUT2D eigenvalue weighted by Gasteiger charge is -2.31. The zero-order valence-electron chi connectivity index (χ0n) is 16.0. The Bertz CT molecular complexity index is 762. The van der Waals surface area contributed by atoms with Gasteiger partial charge in [-0.05, 0) is 24.1 Å². The predicted octanol–water partition coefficient (Wildman–Crippen LogP) is 4.07. The van der Waals surface area contributed by atoms with Crippen molar-refractivity contribution in [2.75, 3.05) is 0 Å². The van der Waals surface area contributed by atoms with Crippen LogP contribution in [0.25, 0.3) is 0 Å². The summed E-state index contributed by atoms with van der Waals surface area (Å²) in [5.74, 6) is 0.596. The van der Waals surface area contributed by atoms with Crippen molar-refractivity contribution >= 4 is 9.04 Å². The number of ether oxygens (including phenoxy) is 1. The summed E-state index contributed by atoms with van der Waals surface area (Å²) in [4.78, 5) is 12.6. The topological polar surface area (TPSA) is 68.9 Å². The molecule has 0 aliphatic rings. The third-order valence-corrected chi connectivity index (χ3v) is 4.47. The van der Waals surface area contributed by atoms with Crippen molar-refractivity contribution in [3.63, 3.8) is 0 Å². The molecule has 0 saturated heterocycles. The SMILES string of the molecule is C[Si](C)OC(c1cc(=O)c(OCc2ccccc2)c(CO)o1)C(C)(C)C. The first-order valence-electron chi connectivity index (χ1n) is 8.63. The summed E-state index contributed by atoms with van der Waals surface area (Å²) in [5, 5.41) is 9.68. The molecule has 0 bridgehead atoms. The van der Waals surface area contributed by atoms with Gasteiger partial charge in [-0.3, -0.25) is 4.79 Å². The average molecular weight is 376 g/mol. The highest BCUT2D eigenvalue weighted by Gasteiger charge is 2.31. The van der Waals surface area contributed by atoms with E-state index in [1.165, 1.54) is 6.07 Å². The number of benzene rings is 1. The monoisotopic (exact) mass is 375 g/mol. The van der Waals surface area contributed by atoms with E-state index >= 15 is 0 Å². The van der Waals surface area contributed by atoms with E-state index in [1.54, 1.807) is 0 Å². The molecule has 1 unspecified atom stereocenters. The number of aliphatic hydroxyl groups is 1. The summed E-state index contributed by atoms with van der Waals surface area (Å²) >= 11 is 0. The van der Waals surface area contributed by atoms with E-state index in [2.05, 4.69) is 0 Å². The Morgan fingerprint density at radius 2 is 1.85 bits per heavy atom. The van der Waals surface area contributed by atoms with Gasteiger partial charge in [0.1, 0.15) is 25.1 Å². The van der Waals surface area contributed by atoms with Gasteiger partial charge in [-0.1, -0.05) is 51.1 Å². The molecule has 0 aliphatic heterocycles. The van der Waals surface area contributed by atoms with Crippen molar-refractivity contribution in [1.82, 2.24) is 0 Å². The van der Waals surface area contributed by atoms with Gasteiger partial charge in [0.2, 0.25) is 20.2 Å². The minimum atomic E-state index is -1.01. The lowest BCUT2D eigenvalue weighted by Crippen LogP contribution is -2.27. The first kappa shape index (κ1) is 20.4. The van der Waals surface area contributed by atoms with E-state index in [0.29, 0.717) is 5.76 Å².